The van der Waals surface area contributed by atoms with Crippen molar-refractivity contribution in [3.8, 4) is 0 Å². The molecule has 0 saturated carbocycles. The Morgan fingerprint density at radius 1 is 1.40 bits per heavy atom. The largest absolute Gasteiger partial charge is 0.107 e. The average Bonchev–Trinajstić information content (AvgIpc) is 1.85. The minimum Gasteiger partial charge on any atom is -0.107 e. The molecule has 4 heteroatoms. The van der Waals surface area contributed by atoms with Gasteiger partial charge in [-0.05, 0) is 0 Å². The molecule has 0 bridgehead atoms. The smallest absolute Gasteiger partial charge is 0.107 e. The maximum Gasteiger partial charge on any atom is -0.107 e. The summed E-state index contributed by atoms with van der Waals surface area (Å²) in [5, 5.41) is 0.865. The molecular formula is C6H15IO2Zn. The predicted molar refractivity (Wildman–Crippen MR) is 47.4 cm³/mol. The summed E-state index contributed by atoms with van der Waals surface area (Å²) < 4.78 is 15.9. The first-order valence-electron chi connectivity index (χ1n) is 3.78. The molecule has 0 unspecified atom stereocenters. The number of hydrogen-bond acceptors (Lipinski definition) is 2. The molecule has 0 aliphatic carbocycles. The van der Waals surface area contributed by atoms with Crippen molar-refractivity contribution in [2.24, 2.45) is 0 Å². The molecule has 0 heterocycles. The van der Waals surface area contributed by atoms with Crippen LogP contribution in [-0.4, -0.2) is 6.61 Å². The van der Waals surface area contributed by atoms with Crippen LogP contribution in [0.5, 0.6) is 0 Å². The Labute approximate surface area is 85.3 Å². The molecule has 0 aromatic heterocycles. The second-order valence-corrected chi connectivity index (χ2v) is 6.77. The molecule has 0 aliphatic rings. The van der Waals surface area contributed by atoms with E-state index in [9.17, 15) is 3.57 Å². The van der Waals surface area contributed by atoms with Crippen molar-refractivity contribution in [1.82, 2.24) is 0 Å². The Morgan fingerprint density at radius 3 is 2.40 bits per heavy atom. The summed E-state index contributed by atoms with van der Waals surface area (Å²) in [6, 6.07) is 0. The van der Waals surface area contributed by atoms with Crippen LogP contribution in [0, 0.1) is 0 Å². The van der Waals surface area contributed by atoms with E-state index in [2.05, 4.69) is 6.92 Å². The van der Waals surface area contributed by atoms with Crippen LogP contribution in [0.1, 0.15) is 26.7 Å². The van der Waals surface area contributed by atoms with E-state index in [1.54, 1.807) is 0 Å². The van der Waals surface area contributed by atoms with Gasteiger partial charge in [0, 0.05) is 0 Å². The molecule has 0 radical (unpaired) electrons. The summed E-state index contributed by atoms with van der Waals surface area (Å²) in [6.07, 6.45) is 2.20. The van der Waals surface area contributed by atoms with Crippen LogP contribution in [0.15, 0.2) is 0 Å². The van der Waals surface area contributed by atoms with E-state index in [-0.39, 0.29) is 24.0 Å². The van der Waals surface area contributed by atoms with E-state index < -0.39 is 16.3 Å². The molecule has 10 heavy (non-hydrogen) atoms. The van der Waals surface area contributed by atoms with Crippen molar-refractivity contribution in [2.75, 3.05) is 6.61 Å². The maximum atomic E-state index is 10.9. The summed E-state index contributed by atoms with van der Waals surface area (Å²) in [4.78, 5) is 0. The Hall–Kier alpha value is 1.11. The van der Waals surface area contributed by atoms with Gasteiger partial charge in [-0.1, -0.05) is 0 Å². The predicted octanol–water partition coefficient (Wildman–Crippen LogP) is 2.74. The quantitative estimate of drug-likeness (QED) is 0.576. The molecule has 0 fully saturated rings. The van der Waals surface area contributed by atoms with Gasteiger partial charge in [-0.3, -0.25) is 0 Å². The van der Waals surface area contributed by atoms with E-state index in [0.717, 1.165) is 17.9 Å². The van der Waals surface area contributed by atoms with Crippen molar-refractivity contribution >= 4 is 24.0 Å². The Balaban J connectivity index is 0. The van der Waals surface area contributed by atoms with Gasteiger partial charge >= 0.3 is 61.7 Å². The van der Waals surface area contributed by atoms with Crippen molar-refractivity contribution < 1.29 is 23.4 Å². The maximum absolute atomic E-state index is 10.9. The SMILES string of the molecule is CCC[CH2][Zn](=[O])[O]CC.I. The van der Waals surface area contributed by atoms with Gasteiger partial charge in [0.2, 0.25) is 0 Å². The van der Waals surface area contributed by atoms with Gasteiger partial charge in [-0.25, -0.2) is 0 Å². The first kappa shape index (κ1) is 13.7. The fourth-order valence-electron chi connectivity index (χ4n) is 0.784. The second-order valence-electron chi connectivity index (χ2n) is 2.23. The van der Waals surface area contributed by atoms with Gasteiger partial charge in [-0.2, -0.15) is 0 Å². The molecular weight excluding hydrogens is 296 g/mol. The van der Waals surface area contributed by atoms with E-state index in [1.807, 2.05) is 6.92 Å². The van der Waals surface area contributed by atoms with Crippen LogP contribution in [0.3, 0.4) is 0 Å². The van der Waals surface area contributed by atoms with Gasteiger partial charge < -0.3 is 0 Å². The van der Waals surface area contributed by atoms with Crippen LogP contribution >= 0.6 is 24.0 Å². The van der Waals surface area contributed by atoms with Crippen LogP contribution in [0.25, 0.3) is 0 Å². The van der Waals surface area contributed by atoms with Gasteiger partial charge in [0.05, 0.1) is 0 Å². The molecule has 0 N–H and O–H groups in total. The minimum atomic E-state index is -2.56. The van der Waals surface area contributed by atoms with E-state index in [0.29, 0.717) is 6.61 Å². The van der Waals surface area contributed by atoms with Crippen LogP contribution < -0.4 is 0 Å². The summed E-state index contributed by atoms with van der Waals surface area (Å²) in [5.74, 6) is 0. The third kappa shape index (κ3) is 9.11. The molecule has 0 atom stereocenters. The van der Waals surface area contributed by atoms with Crippen molar-refractivity contribution in [3.63, 3.8) is 0 Å². The Morgan fingerprint density at radius 2 is 2.00 bits per heavy atom. The standard InChI is InChI=1S/C4H9.C2H5O.HI.O.Zn/c1-3-4-2;1-2-3;;;/h1,3-4H2,2H3;2H2,1H3;1H;;/q;-1;;;+1. The van der Waals surface area contributed by atoms with Crippen LogP contribution in [0.4, 0.5) is 0 Å². The van der Waals surface area contributed by atoms with Crippen molar-refractivity contribution in [1.29, 1.82) is 0 Å². The fraction of sp³-hybridized carbons (Fsp3) is 1.00. The summed E-state index contributed by atoms with van der Waals surface area (Å²) in [6.45, 7) is 4.63. The number of unbranched alkanes of at least 4 members (excludes halogenated alkanes) is 1. The zero-order chi connectivity index (χ0) is 7.11. The zero-order valence-corrected chi connectivity index (χ0v) is 12.1. The normalized spacial score (nSPS) is 7.70. The molecule has 0 aliphatic heterocycles. The molecule has 0 rings (SSSR count). The molecule has 0 aromatic carbocycles. The second kappa shape index (κ2) is 10.1. The van der Waals surface area contributed by atoms with Gasteiger partial charge in [0.15, 0.2) is 0 Å². The average molecular weight is 311 g/mol. The Bertz CT molecular complexity index is 87.8. The molecule has 0 aromatic rings. The molecule has 60 valence electrons. The summed E-state index contributed by atoms with van der Waals surface area (Å²) in [5.41, 5.74) is 0. The number of rotatable bonds is 5. The van der Waals surface area contributed by atoms with Gasteiger partial charge in [0.1, 0.15) is 0 Å². The Kier molecular flexibility index (Phi) is 13.8. The van der Waals surface area contributed by atoms with Crippen LogP contribution in [-0.2, 0) is 23.4 Å². The van der Waals surface area contributed by atoms with Crippen LogP contribution in [0.2, 0.25) is 5.02 Å². The first-order valence-corrected chi connectivity index (χ1v) is 8.30. The molecule has 0 saturated heterocycles. The van der Waals surface area contributed by atoms with E-state index in [1.165, 1.54) is 0 Å². The zero-order valence-electron chi connectivity index (χ0n) is 6.76. The molecule has 0 spiro atoms. The van der Waals surface area contributed by atoms with Gasteiger partial charge in [0.25, 0.3) is 0 Å². The third-order valence-corrected chi connectivity index (χ3v) is 5.40. The van der Waals surface area contributed by atoms with Crippen molar-refractivity contribution in [2.45, 2.75) is 31.7 Å². The summed E-state index contributed by atoms with van der Waals surface area (Å²) >= 11 is -2.56. The first-order chi connectivity index (χ1) is 4.31. The third-order valence-electron chi connectivity index (χ3n) is 1.32. The number of halogens is 1. The number of hydrogen-bond donors (Lipinski definition) is 0. The summed E-state index contributed by atoms with van der Waals surface area (Å²) in [7, 11) is 0. The van der Waals surface area contributed by atoms with Crippen molar-refractivity contribution in [3.05, 3.63) is 0 Å². The molecule has 0 amide bonds. The van der Waals surface area contributed by atoms with Gasteiger partial charge in [-0.15, -0.1) is 24.0 Å². The topological polar surface area (TPSA) is 26.3 Å². The fourth-order valence-corrected chi connectivity index (χ4v) is 4.07. The minimum absolute atomic E-state index is 0. The van der Waals surface area contributed by atoms with E-state index >= 15 is 0 Å². The van der Waals surface area contributed by atoms with E-state index in [4.69, 9.17) is 3.56 Å². The monoisotopic (exact) mass is 310 g/mol. The molecule has 2 nitrogen and oxygen atoms in total.